The summed E-state index contributed by atoms with van der Waals surface area (Å²) in [5.74, 6) is 0. The molecule has 0 aliphatic heterocycles. The van der Waals surface area contributed by atoms with Crippen LogP contribution in [-0.4, -0.2) is 50.7 Å². The van der Waals surface area contributed by atoms with Crippen LogP contribution in [0.4, 0.5) is 0 Å². The van der Waals surface area contributed by atoms with Crippen molar-refractivity contribution in [3.8, 4) is 0 Å². The molecule has 0 rings (SSSR count). The Bertz CT molecular complexity index is 124. The maximum Gasteiger partial charge on any atom is 2.00 e. The van der Waals surface area contributed by atoms with Crippen molar-refractivity contribution >= 4 is 59.8 Å². The van der Waals surface area contributed by atoms with Crippen molar-refractivity contribution < 1.29 is 15.8 Å². The first-order valence-electron chi connectivity index (χ1n) is 0.909. The van der Waals surface area contributed by atoms with Gasteiger partial charge in [-0.05, 0) is 11.8 Å². The third kappa shape index (κ3) is 11.2. The van der Waals surface area contributed by atoms with Crippen LogP contribution in [0.15, 0.2) is 0 Å². The summed E-state index contributed by atoms with van der Waals surface area (Å²) < 4.78 is 27.3. The molecule has 0 saturated heterocycles. The molecule has 42 valence electrons. The van der Waals surface area contributed by atoms with Crippen molar-refractivity contribution in [3.63, 3.8) is 0 Å². The molecule has 0 amide bonds. The van der Waals surface area contributed by atoms with Crippen LogP contribution in [0, 0.1) is 0 Å². The molecular weight excluding hydrogens is 170 g/mol. The van der Waals surface area contributed by atoms with Crippen molar-refractivity contribution in [2.75, 3.05) is 0 Å². The molecule has 4 nitrogen and oxygen atoms in total. The molecule has 0 aromatic carbocycles. The van der Waals surface area contributed by atoms with Gasteiger partial charge in [0.25, 0.3) is 0 Å². The Kier molecular flexibility index (Phi) is 6.93. The van der Waals surface area contributed by atoms with Gasteiger partial charge in [0, 0.05) is 0 Å². The number of rotatable bonds is 1. The third-order valence-electron chi connectivity index (χ3n) is 0.0975. The van der Waals surface area contributed by atoms with Crippen molar-refractivity contribution in [3.05, 3.63) is 0 Å². The smallest absolute Gasteiger partial charge is 1.00 e. The van der Waals surface area contributed by atoms with E-state index in [1.54, 1.807) is 0 Å². The maximum atomic E-state index is 9.31. The van der Waals surface area contributed by atoms with E-state index in [4.69, 9.17) is 4.55 Å². The summed E-state index contributed by atoms with van der Waals surface area (Å²) in [7, 11) is -4.15. The Hall–Kier alpha value is 1.42. The first kappa shape index (κ1) is 11.2. The van der Waals surface area contributed by atoms with E-state index in [0.29, 0.717) is 0 Å². The Morgan fingerprint density at radius 2 is 1.86 bits per heavy atom. The molecule has 0 aliphatic carbocycles. The summed E-state index contributed by atoms with van der Waals surface area (Å²) in [6, 6.07) is 0. The Labute approximate surface area is 79.2 Å². The fourth-order valence-electron chi connectivity index (χ4n) is 0. The first-order chi connectivity index (χ1) is 2.56. The monoisotopic (exact) mass is 173 g/mol. The van der Waals surface area contributed by atoms with Gasteiger partial charge >= 0.3 is 48.0 Å². The molecule has 0 unspecified atom stereocenters. The Morgan fingerprint density at radius 1 is 1.71 bits per heavy atom. The third-order valence-corrected chi connectivity index (χ3v) is 0.877. The quantitative estimate of drug-likeness (QED) is 0.316. The van der Waals surface area contributed by atoms with Gasteiger partial charge in [0.15, 0.2) is 0 Å². The van der Waals surface area contributed by atoms with Crippen molar-refractivity contribution in [2.24, 2.45) is 0 Å². The molecule has 0 radical (unpaired) electrons. The molecule has 7 heavy (non-hydrogen) atoms. The van der Waals surface area contributed by atoms with Crippen molar-refractivity contribution in [1.82, 2.24) is 4.24 Å². The summed E-state index contributed by atoms with van der Waals surface area (Å²) in [6.07, 6.45) is 0. The van der Waals surface area contributed by atoms with E-state index >= 15 is 0 Å². The van der Waals surface area contributed by atoms with E-state index in [0.717, 1.165) is 4.24 Å². The fraction of sp³-hybridized carbons (Fsp3) is 0. The van der Waals surface area contributed by atoms with Crippen molar-refractivity contribution in [2.45, 2.75) is 0 Å². The Morgan fingerprint density at radius 3 is 1.86 bits per heavy atom. The van der Waals surface area contributed by atoms with Gasteiger partial charge in [-0.15, -0.1) is 4.24 Å². The van der Waals surface area contributed by atoms with Crippen LogP contribution in [0.25, 0.3) is 0 Å². The van der Waals surface area contributed by atoms with Gasteiger partial charge in [0.05, 0.1) is 0 Å². The predicted octanol–water partition coefficient (Wildman–Crippen LogP) is -0.623. The second-order valence-electron chi connectivity index (χ2n) is 0.552. The van der Waals surface area contributed by atoms with Crippen LogP contribution >= 0.6 is 11.8 Å². The molecule has 0 atom stereocenters. The van der Waals surface area contributed by atoms with Crippen LogP contribution in [-0.2, 0) is 10.3 Å². The summed E-state index contributed by atoms with van der Waals surface area (Å²) in [6.45, 7) is 0. The second-order valence-corrected chi connectivity index (χ2v) is 2.12. The van der Waals surface area contributed by atoms with E-state index in [2.05, 4.69) is 11.8 Å². The van der Waals surface area contributed by atoms with E-state index in [9.17, 15) is 8.42 Å². The van der Waals surface area contributed by atoms with Crippen LogP contribution in [0.2, 0.25) is 0 Å². The molecule has 0 aromatic heterocycles. The number of nitrogens with one attached hydrogen (secondary N) is 1. The van der Waals surface area contributed by atoms with E-state index in [1.165, 1.54) is 0 Å². The fourth-order valence-corrected chi connectivity index (χ4v) is 0. The zero-order valence-corrected chi connectivity index (χ0v) is 7.04. The molecule has 7 heteroatoms. The maximum absolute atomic E-state index is 9.31. The van der Waals surface area contributed by atoms with Crippen molar-refractivity contribution in [1.29, 1.82) is 0 Å². The second kappa shape index (κ2) is 4.31. The standard InChI is InChI=1S/Ca.ClH2NO3S.2H/c;1-2-6(3,4)5;;/h;2H,(H,3,4,5);;/q+2;;2*-1. The normalized spacial score (nSPS) is 10.0. The van der Waals surface area contributed by atoms with Gasteiger partial charge in [-0.2, -0.15) is 8.42 Å². The largest absolute Gasteiger partial charge is 2.00 e. The average molecular weight is 174 g/mol. The van der Waals surface area contributed by atoms with Gasteiger partial charge in [-0.25, -0.2) is 0 Å². The zero-order valence-electron chi connectivity index (χ0n) is 5.26. The molecule has 0 aromatic rings. The van der Waals surface area contributed by atoms with Crippen LogP contribution in [0.3, 0.4) is 0 Å². The van der Waals surface area contributed by atoms with E-state index in [1.807, 2.05) is 0 Å². The topological polar surface area (TPSA) is 66.4 Å². The number of halogens is 1. The molecule has 2 N–H and O–H groups in total. The van der Waals surface area contributed by atoms with Gasteiger partial charge in [0.2, 0.25) is 0 Å². The predicted molar refractivity (Wildman–Crippen MR) is 28.5 cm³/mol. The van der Waals surface area contributed by atoms with Crippen LogP contribution in [0.5, 0.6) is 0 Å². The minimum Gasteiger partial charge on any atom is -1.00 e. The SMILES string of the molecule is O=S(=O)(O)NCl.[Ca+2].[H-].[H-]. The summed E-state index contributed by atoms with van der Waals surface area (Å²) in [4.78, 5) is 0. The van der Waals surface area contributed by atoms with Gasteiger partial charge < -0.3 is 2.85 Å². The first-order valence-corrected chi connectivity index (χ1v) is 2.73. The number of hydrogen-bond donors (Lipinski definition) is 2. The van der Waals surface area contributed by atoms with E-state index < -0.39 is 10.3 Å². The van der Waals surface area contributed by atoms with Gasteiger partial charge in [0.1, 0.15) is 0 Å². The summed E-state index contributed by atoms with van der Waals surface area (Å²) in [5, 5.41) is 0. The molecule has 0 spiro atoms. The van der Waals surface area contributed by atoms with Crippen LogP contribution in [0.1, 0.15) is 2.85 Å². The van der Waals surface area contributed by atoms with E-state index in [-0.39, 0.29) is 40.6 Å². The minimum absolute atomic E-state index is 0. The molecule has 0 heterocycles. The molecule has 0 bridgehead atoms. The molecular formula is H4CaClNO3S. The molecule has 0 aliphatic rings. The molecule has 0 saturated carbocycles. The minimum atomic E-state index is -4.15. The number of hydrogen-bond acceptors (Lipinski definition) is 2. The average Bonchev–Trinajstić information content (AvgIpc) is 1.35. The van der Waals surface area contributed by atoms with Gasteiger partial charge in [-0.3, -0.25) is 4.55 Å². The van der Waals surface area contributed by atoms with Crippen LogP contribution < -0.4 is 4.24 Å². The zero-order chi connectivity index (χ0) is 5.21. The van der Waals surface area contributed by atoms with Gasteiger partial charge in [-0.1, -0.05) is 0 Å². The summed E-state index contributed by atoms with van der Waals surface area (Å²) >= 11 is 4.39. The Balaban J connectivity index is -0.0000000417. The molecule has 0 fully saturated rings. The summed E-state index contributed by atoms with van der Waals surface area (Å²) in [5.41, 5.74) is 0.